The number of benzene rings is 1. The highest BCUT2D eigenvalue weighted by molar-refractivity contribution is 14.1. The Balaban J connectivity index is 1.91. The fraction of sp³-hybridized carbons (Fsp3) is 0.462. The normalized spacial score (nSPS) is 23.2. The van der Waals surface area contributed by atoms with Gasteiger partial charge in [0, 0.05) is 16.2 Å². The molecule has 3 rings (SSSR count). The number of imidazole rings is 1. The van der Waals surface area contributed by atoms with Gasteiger partial charge in [-0.2, -0.15) is 0 Å². The van der Waals surface area contributed by atoms with Crippen LogP contribution in [0.4, 0.5) is 5.95 Å². The first-order valence-corrected chi connectivity index (χ1v) is 7.31. The quantitative estimate of drug-likeness (QED) is 0.860. The molecule has 1 aromatic heterocycles. The van der Waals surface area contributed by atoms with Gasteiger partial charge in [0.25, 0.3) is 0 Å². The van der Waals surface area contributed by atoms with Gasteiger partial charge in [0.15, 0.2) is 0 Å². The lowest BCUT2D eigenvalue weighted by Crippen LogP contribution is -2.33. The van der Waals surface area contributed by atoms with Crippen LogP contribution in [0.2, 0.25) is 0 Å². The second-order valence-corrected chi connectivity index (χ2v) is 5.92. The number of nitrogens with two attached hydrogens (primary N) is 1. The molecule has 4 nitrogen and oxygen atoms in total. The number of nitrogen functional groups attached to an aromatic ring is 1. The van der Waals surface area contributed by atoms with E-state index in [1.807, 2.05) is 6.92 Å². The molecule has 96 valence electrons. The van der Waals surface area contributed by atoms with Crippen LogP contribution in [0.1, 0.15) is 25.8 Å². The summed E-state index contributed by atoms with van der Waals surface area (Å²) in [7, 11) is 0. The molecule has 0 bridgehead atoms. The zero-order valence-corrected chi connectivity index (χ0v) is 12.4. The zero-order valence-electron chi connectivity index (χ0n) is 10.3. The number of hydrogen-bond donors (Lipinski definition) is 1. The van der Waals surface area contributed by atoms with Gasteiger partial charge in [-0.05, 0) is 60.6 Å². The molecule has 2 aromatic rings. The lowest BCUT2D eigenvalue weighted by Gasteiger charge is -2.36. The lowest BCUT2D eigenvalue weighted by atomic mass is 9.89. The molecule has 1 saturated carbocycles. The number of halogens is 1. The minimum atomic E-state index is 0.390. The Morgan fingerprint density at radius 2 is 2.28 bits per heavy atom. The molecule has 1 aliphatic carbocycles. The Morgan fingerprint density at radius 3 is 3.00 bits per heavy atom. The molecule has 0 atom stereocenters. The minimum absolute atomic E-state index is 0.390. The molecule has 1 aliphatic rings. The summed E-state index contributed by atoms with van der Waals surface area (Å²) in [6, 6.07) is 6.71. The van der Waals surface area contributed by atoms with Crippen molar-refractivity contribution in [1.82, 2.24) is 9.55 Å². The van der Waals surface area contributed by atoms with E-state index >= 15 is 0 Å². The lowest BCUT2D eigenvalue weighted by molar-refractivity contribution is -0.0181. The Labute approximate surface area is 120 Å². The summed E-state index contributed by atoms with van der Waals surface area (Å²) in [4.78, 5) is 4.44. The van der Waals surface area contributed by atoms with Gasteiger partial charge in [-0.3, -0.25) is 0 Å². The van der Waals surface area contributed by atoms with Crippen LogP contribution in [0, 0.1) is 3.57 Å². The van der Waals surface area contributed by atoms with Crippen LogP contribution in [0.25, 0.3) is 11.0 Å². The molecule has 0 aliphatic heterocycles. The van der Waals surface area contributed by atoms with Crippen LogP contribution < -0.4 is 5.73 Å². The summed E-state index contributed by atoms with van der Waals surface area (Å²) < 4.78 is 8.94. The van der Waals surface area contributed by atoms with Crippen LogP contribution in [0.15, 0.2) is 18.2 Å². The van der Waals surface area contributed by atoms with Gasteiger partial charge < -0.3 is 15.0 Å². The highest BCUT2D eigenvalue weighted by Gasteiger charge is 2.33. The summed E-state index contributed by atoms with van der Waals surface area (Å²) >= 11 is 2.29. The van der Waals surface area contributed by atoms with E-state index in [0.29, 0.717) is 18.1 Å². The minimum Gasteiger partial charge on any atom is -0.378 e. The highest BCUT2D eigenvalue weighted by Crippen LogP contribution is 2.38. The molecule has 0 saturated heterocycles. The smallest absolute Gasteiger partial charge is 0.201 e. The van der Waals surface area contributed by atoms with E-state index in [4.69, 9.17) is 10.5 Å². The Morgan fingerprint density at radius 1 is 1.50 bits per heavy atom. The second-order valence-electron chi connectivity index (χ2n) is 4.68. The molecule has 0 radical (unpaired) electrons. The van der Waals surface area contributed by atoms with Gasteiger partial charge >= 0.3 is 0 Å². The van der Waals surface area contributed by atoms with Crippen molar-refractivity contribution in [2.24, 2.45) is 0 Å². The zero-order chi connectivity index (χ0) is 12.7. The van der Waals surface area contributed by atoms with Gasteiger partial charge in [-0.1, -0.05) is 0 Å². The number of fused-ring (bicyclic) bond motifs is 1. The molecule has 0 spiro atoms. The van der Waals surface area contributed by atoms with Crippen molar-refractivity contribution in [1.29, 1.82) is 0 Å². The van der Waals surface area contributed by atoms with Gasteiger partial charge in [0.05, 0.1) is 17.1 Å². The van der Waals surface area contributed by atoms with Crippen molar-refractivity contribution >= 4 is 39.6 Å². The van der Waals surface area contributed by atoms with Gasteiger partial charge in [-0.15, -0.1) is 0 Å². The topological polar surface area (TPSA) is 53.1 Å². The van der Waals surface area contributed by atoms with E-state index in [0.717, 1.165) is 30.5 Å². The van der Waals surface area contributed by atoms with Gasteiger partial charge in [0.1, 0.15) is 0 Å². The maximum absolute atomic E-state index is 6.04. The molecular formula is C13H16IN3O. The molecule has 1 fully saturated rings. The molecule has 2 N–H and O–H groups in total. The van der Waals surface area contributed by atoms with Crippen LogP contribution in [-0.2, 0) is 4.74 Å². The van der Waals surface area contributed by atoms with E-state index in [1.54, 1.807) is 0 Å². The Hall–Kier alpha value is -0.820. The van der Waals surface area contributed by atoms with E-state index in [-0.39, 0.29) is 0 Å². The number of hydrogen-bond acceptors (Lipinski definition) is 3. The second kappa shape index (κ2) is 4.70. The monoisotopic (exact) mass is 357 g/mol. The number of anilines is 1. The summed E-state index contributed by atoms with van der Waals surface area (Å²) in [6.45, 7) is 2.83. The van der Waals surface area contributed by atoms with Crippen LogP contribution in [0.5, 0.6) is 0 Å². The number of ether oxygens (including phenoxy) is 1. The van der Waals surface area contributed by atoms with E-state index in [9.17, 15) is 0 Å². The summed E-state index contributed by atoms with van der Waals surface area (Å²) in [5, 5.41) is 0. The van der Waals surface area contributed by atoms with Crippen LogP contribution in [-0.4, -0.2) is 22.3 Å². The predicted molar refractivity (Wildman–Crippen MR) is 80.5 cm³/mol. The standard InChI is InChI=1S/C13H16IN3O/c1-2-18-10-6-9(7-10)17-12-4-3-8(14)5-11(12)16-13(17)15/h3-5,9-10H,2,6-7H2,1H3,(H2,15,16). The summed E-state index contributed by atoms with van der Waals surface area (Å²) in [5.74, 6) is 0.618. The third-order valence-electron chi connectivity index (χ3n) is 3.52. The largest absolute Gasteiger partial charge is 0.378 e. The van der Waals surface area contributed by atoms with Crippen molar-refractivity contribution in [3.63, 3.8) is 0 Å². The van der Waals surface area contributed by atoms with Gasteiger partial charge in [-0.25, -0.2) is 4.98 Å². The van der Waals surface area contributed by atoms with E-state index < -0.39 is 0 Å². The molecule has 1 heterocycles. The maximum Gasteiger partial charge on any atom is 0.201 e. The average molecular weight is 357 g/mol. The Bertz CT molecular complexity index is 575. The van der Waals surface area contributed by atoms with Crippen LogP contribution in [0.3, 0.4) is 0 Å². The molecule has 0 amide bonds. The molecular weight excluding hydrogens is 341 g/mol. The molecule has 18 heavy (non-hydrogen) atoms. The van der Waals surface area contributed by atoms with Crippen molar-refractivity contribution in [3.05, 3.63) is 21.8 Å². The van der Waals surface area contributed by atoms with Crippen LogP contribution >= 0.6 is 22.6 Å². The van der Waals surface area contributed by atoms with E-state index in [1.165, 1.54) is 3.57 Å². The van der Waals surface area contributed by atoms with Crippen molar-refractivity contribution in [3.8, 4) is 0 Å². The highest BCUT2D eigenvalue weighted by atomic mass is 127. The third-order valence-corrected chi connectivity index (χ3v) is 4.19. The Kier molecular flexibility index (Phi) is 3.19. The van der Waals surface area contributed by atoms with Crippen molar-refractivity contribution in [2.75, 3.05) is 12.3 Å². The fourth-order valence-corrected chi connectivity index (χ4v) is 3.07. The summed E-state index contributed by atoms with van der Waals surface area (Å²) in [6.07, 6.45) is 2.46. The van der Waals surface area contributed by atoms with Gasteiger partial charge in [0.2, 0.25) is 5.95 Å². The number of aromatic nitrogens is 2. The first-order valence-electron chi connectivity index (χ1n) is 6.23. The first-order chi connectivity index (χ1) is 8.69. The van der Waals surface area contributed by atoms with Crippen molar-refractivity contribution < 1.29 is 4.74 Å². The third kappa shape index (κ3) is 1.99. The summed E-state index contributed by atoms with van der Waals surface area (Å²) in [5.41, 5.74) is 8.16. The molecule has 5 heteroatoms. The molecule has 1 aromatic carbocycles. The predicted octanol–water partition coefficient (Wildman–Crippen LogP) is 2.96. The van der Waals surface area contributed by atoms with E-state index in [2.05, 4.69) is 50.3 Å². The SMILES string of the molecule is CCOC1CC(n2c(N)nc3cc(I)ccc32)C1. The van der Waals surface area contributed by atoms with Crippen molar-refractivity contribution in [2.45, 2.75) is 31.9 Å². The number of rotatable bonds is 3. The fourth-order valence-electron chi connectivity index (χ4n) is 2.59. The molecule has 0 unspecified atom stereocenters. The number of nitrogens with zero attached hydrogens (tertiary/aromatic N) is 2. The maximum atomic E-state index is 6.04. The average Bonchev–Trinajstić information content (AvgIpc) is 2.58. The first kappa shape index (κ1) is 12.2.